The van der Waals surface area contributed by atoms with Gasteiger partial charge in [0.1, 0.15) is 5.54 Å². The molecule has 1 aliphatic heterocycles. The van der Waals surface area contributed by atoms with Crippen LogP contribution in [0.15, 0.2) is 0 Å². The number of hydrogen-bond acceptors (Lipinski definition) is 3. The zero-order chi connectivity index (χ0) is 13.6. The van der Waals surface area contributed by atoms with E-state index in [0.717, 1.165) is 25.6 Å². The quantitative estimate of drug-likeness (QED) is 0.731. The summed E-state index contributed by atoms with van der Waals surface area (Å²) in [5, 5.41) is 12.1. The van der Waals surface area contributed by atoms with Crippen LogP contribution in [0.3, 0.4) is 0 Å². The van der Waals surface area contributed by atoms with Gasteiger partial charge in [-0.1, -0.05) is 19.8 Å². The van der Waals surface area contributed by atoms with Crippen LogP contribution in [0.2, 0.25) is 0 Å². The Bertz CT molecular complexity index is 263. The second kappa shape index (κ2) is 7.10. The average Bonchev–Trinajstić information content (AvgIpc) is 2.37. The molecule has 0 bridgehead atoms. The summed E-state index contributed by atoms with van der Waals surface area (Å²) in [4.78, 5) is 13.6. The zero-order valence-electron chi connectivity index (χ0n) is 12.0. The number of likely N-dealkylation sites (N-methyl/N-ethyl adjacent to an activating group) is 1. The van der Waals surface area contributed by atoms with Crippen molar-refractivity contribution in [1.29, 1.82) is 0 Å². The van der Waals surface area contributed by atoms with E-state index in [9.17, 15) is 9.90 Å². The molecule has 18 heavy (non-hydrogen) atoms. The van der Waals surface area contributed by atoms with E-state index in [2.05, 4.69) is 17.1 Å². The van der Waals surface area contributed by atoms with Gasteiger partial charge < -0.3 is 15.3 Å². The van der Waals surface area contributed by atoms with E-state index < -0.39 is 11.5 Å². The Morgan fingerprint density at radius 2 is 2.06 bits per heavy atom. The Morgan fingerprint density at radius 3 is 2.50 bits per heavy atom. The predicted molar refractivity (Wildman–Crippen MR) is 73.8 cm³/mol. The van der Waals surface area contributed by atoms with Crippen molar-refractivity contribution in [3.63, 3.8) is 0 Å². The van der Waals surface area contributed by atoms with Crippen molar-refractivity contribution >= 4 is 5.97 Å². The molecule has 1 atom stereocenters. The first kappa shape index (κ1) is 15.4. The number of nitrogens with one attached hydrogen (secondary N) is 1. The Balaban J connectivity index is 2.31. The van der Waals surface area contributed by atoms with Crippen molar-refractivity contribution in [2.45, 2.75) is 51.5 Å². The second-order valence-corrected chi connectivity index (χ2v) is 5.71. The molecule has 1 heterocycles. The highest BCUT2D eigenvalue weighted by atomic mass is 16.4. The lowest BCUT2D eigenvalue weighted by atomic mass is 9.91. The smallest absolute Gasteiger partial charge is 0.323 e. The molecule has 4 heteroatoms. The molecule has 0 aliphatic carbocycles. The SMILES string of the molecule is CCCC1CCN(CCC(C)(NC)C(=O)O)CC1. The molecule has 0 aromatic heterocycles. The normalized spacial score (nSPS) is 21.7. The number of aliphatic carboxylic acids is 1. The number of hydrogen-bond donors (Lipinski definition) is 2. The fraction of sp³-hybridized carbons (Fsp3) is 0.929. The molecule has 2 N–H and O–H groups in total. The van der Waals surface area contributed by atoms with Crippen LogP contribution in [-0.2, 0) is 4.79 Å². The standard InChI is InChI=1S/C14H28N2O2/c1-4-5-12-6-9-16(10-7-12)11-8-14(2,15-3)13(17)18/h12,15H,4-11H2,1-3H3,(H,17,18). The number of rotatable bonds is 7. The van der Waals surface area contributed by atoms with Gasteiger partial charge in [0.2, 0.25) is 0 Å². The maximum atomic E-state index is 11.2. The van der Waals surface area contributed by atoms with Gasteiger partial charge in [0.05, 0.1) is 0 Å². The summed E-state index contributed by atoms with van der Waals surface area (Å²) in [6.07, 6.45) is 5.84. The van der Waals surface area contributed by atoms with Crippen molar-refractivity contribution in [3.8, 4) is 0 Å². The minimum absolute atomic E-state index is 0.664. The highest BCUT2D eigenvalue weighted by Gasteiger charge is 2.31. The fourth-order valence-electron chi connectivity index (χ4n) is 2.63. The van der Waals surface area contributed by atoms with Gasteiger partial charge in [-0.3, -0.25) is 4.79 Å². The Labute approximate surface area is 111 Å². The fourth-order valence-corrected chi connectivity index (χ4v) is 2.63. The molecule has 0 saturated carbocycles. The van der Waals surface area contributed by atoms with Crippen LogP contribution in [-0.4, -0.2) is 48.2 Å². The molecule has 1 rings (SSSR count). The van der Waals surface area contributed by atoms with Gasteiger partial charge in [0.15, 0.2) is 0 Å². The highest BCUT2D eigenvalue weighted by Crippen LogP contribution is 2.22. The van der Waals surface area contributed by atoms with Gasteiger partial charge in [-0.15, -0.1) is 0 Å². The number of likely N-dealkylation sites (tertiary alicyclic amines) is 1. The molecule has 106 valence electrons. The Hall–Kier alpha value is -0.610. The summed E-state index contributed by atoms with van der Waals surface area (Å²) < 4.78 is 0. The first-order chi connectivity index (χ1) is 8.51. The second-order valence-electron chi connectivity index (χ2n) is 5.71. The molecule has 0 aromatic rings. The van der Waals surface area contributed by atoms with Crippen LogP contribution in [0.1, 0.15) is 46.0 Å². The van der Waals surface area contributed by atoms with E-state index in [0.29, 0.717) is 6.42 Å². The van der Waals surface area contributed by atoms with Gasteiger partial charge in [0, 0.05) is 6.54 Å². The summed E-state index contributed by atoms with van der Waals surface area (Å²) in [6.45, 7) is 7.15. The topological polar surface area (TPSA) is 52.6 Å². The van der Waals surface area contributed by atoms with E-state index in [1.165, 1.54) is 25.7 Å². The predicted octanol–water partition coefficient (Wildman–Crippen LogP) is 1.95. The zero-order valence-corrected chi connectivity index (χ0v) is 12.0. The van der Waals surface area contributed by atoms with Crippen LogP contribution in [0, 0.1) is 5.92 Å². The third kappa shape index (κ3) is 4.25. The number of carboxylic acid groups (broad SMARTS) is 1. The van der Waals surface area contributed by atoms with E-state index >= 15 is 0 Å². The van der Waals surface area contributed by atoms with Crippen LogP contribution in [0.4, 0.5) is 0 Å². The lowest BCUT2D eigenvalue weighted by Gasteiger charge is -2.34. The summed E-state index contributed by atoms with van der Waals surface area (Å²) in [6, 6.07) is 0. The summed E-state index contributed by atoms with van der Waals surface area (Å²) in [7, 11) is 1.72. The van der Waals surface area contributed by atoms with Crippen molar-refractivity contribution in [1.82, 2.24) is 10.2 Å². The van der Waals surface area contributed by atoms with E-state index in [1.54, 1.807) is 14.0 Å². The largest absolute Gasteiger partial charge is 0.480 e. The summed E-state index contributed by atoms with van der Waals surface area (Å²) in [5.41, 5.74) is -0.791. The van der Waals surface area contributed by atoms with Crippen molar-refractivity contribution in [3.05, 3.63) is 0 Å². The van der Waals surface area contributed by atoms with Crippen LogP contribution in [0.25, 0.3) is 0 Å². The molecule has 1 unspecified atom stereocenters. The molecule has 4 nitrogen and oxygen atoms in total. The van der Waals surface area contributed by atoms with Crippen molar-refractivity contribution < 1.29 is 9.90 Å². The lowest BCUT2D eigenvalue weighted by molar-refractivity contribution is -0.144. The maximum Gasteiger partial charge on any atom is 0.323 e. The Morgan fingerprint density at radius 1 is 1.44 bits per heavy atom. The molecule has 0 radical (unpaired) electrons. The van der Waals surface area contributed by atoms with Gasteiger partial charge in [-0.2, -0.15) is 0 Å². The third-order valence-electron chi connectivity index (χ3n) is 4.36. The highest BCUT2D eigenvalue weighted by molar-refractivity contribution is 5.78. The number of nitrogens with zero attached hydrogens (tertiary/aromatic N) is 1. The average molecular weight is 256 g/mol. The summed E-state index contributed by atoms with van der Waals surface area (Å²) in [5.74, 6) is 0.132. The molecule has 0 amide bonds. The summed E-state index contributed by atoms with van der Waals surface area (Å²) >= 11 is 0. The van der Waals surface area contributed by atoms with Crippen LogP contribution in [0.5, 0.6) is 0 Å². The van der Waals surface area contributed by atoms with Crippen LogP contribution < -0.4 is 5.32 Å². The molecule has 1 aliphatic rings. The molecule has 1 fully saturated rings. The lowest BCUT2D eigenvalue weighted by Crippen LogP contribution is -2.50. The molecule has 0 spiro atoms. The third-order valence-corrected chi connectivity index (χ3v) is 4.36. The van der Waals surface area contributed by atoms with E-state index in [1.807, 2.05) is 0 Å². The van der Waals surface area contributed by atoms with E-state index in [-0.39, 0.29) is 0 Å². The number of carboxylic acids is 1. The first-order valence-electron chi connectivity index (χ1n) is 7.16. The molecular formula is C14H28N2O2. The van der Waals surface area contributed by atoms with Crippen molar-refractivity contribution in [2.24, 2.45) is 5.92 Å². The Kier molecular flexibility index (Phi) is 6.09. The number of piperidine rings is 1. The van der Waals surface area contributed by atoms with Gasteiger partial charge >= 0.3 is 5.97 Å². The first-order valence-corrected chi connectivity index (χ1v) is 7.16. The molecule has 0 aromatic carbocycles. The van der Waals surface area contributed by atoms with E-state index in [4.69, 9.17) is 0 Å². The van der Waals surface area contributed by atoms with Crippen LogP contribution >= 0.6 is 0 Å². The maximum absolute atomic E-state index is 11.2. The minimum atomic E-state index is -0.791. The molecular weight excluding hydrogens is 228 g/mol. The monoisotopic (exact) mass is 256 g/mol. The van der Waals surface area contributed by atoms with Crippen molar-refractivity contribution in [2.75, 3.05) is 26.7 Å². The molecule has 1 saturated heterocycles. The number of carbonyl (C=O) groups is 1. The minimum Gasteiger partial charge on any atom is -0.480 e. The van der Waals surface area contributed by atoms with Gasteiger partial charge in [-0.25, -0.2) is 0 Å². The van der Waals surface area contributed by atoms with Gasteiger partial charge in [0.25, 0.3) is 0 Å². The van der Waals surface area contributed by atoms with Gasteiger partial charge in [-0.05, 0) is 52.2 Å².